The van der Waals surface area contributed by atoms with E-state index in [-0.39, 0.29) is 5.56 Å². The molecular weight excluding hydrogens is 226 g/mol. The summed E-state index contributed by atoms with van der Waals surface area (Å²) in [5.74, 6) is -3.37. The molecule has 0 saturated heterocycles. The third-order valence-electron chi connectivity index (χ3n) is 2.03. The van der Waals surface area contributed by atoms with Gasteiger partial charge in [-0.25, -0.2) is 4.39 Å². The molecule has 0 saturated carbocycles. The molecule has 1 aromatic rings. The van der Waals surface area contributed by atoms with Gasteiger partial charge in [0, 0.05) is 0 Å². The van der Waals surface area contributed by atoms with E-state index in [0.717, 1.165) is 12.1 Å². The Hall–Kier alpha value is -1.59. The molecule has 0 bridgehead atoms. The van der Waals surface area contributed by atoms with Crippen LogP contribution in [0.5, 0.6) is 0 Å². The Labute approximate surface area is 89.1 Å². The summed E-state index contributed by atoms with van der Waals surface area (Å²) in [7, 11) is 0. The van der Waals surface area contributed by atoms with Gasteiger partial charge in [0.15, 0.2) is 0 Å². The van der Waals surface area contributed by atoms with Crippen molar-refractivity contribution in [3.63, 3.8) is 0 Å². The van der Waals surface area contributed by atoms with Gasteiger partial charge in [-0.05, 0) is 17.7 Å². The molecule has 1 aromatic carbocycles. The minimum Gasteiger partial charge on any atom is -0.369 e. The second-order valence-corrected chi connectivity index (χ2v) is 3.33. The Morgan fingerprint density at radius 3 is 2.44 bits per heavy atom. The maximum Gasteiger partial charge on any atom is 0.390 e. The highest BCUT2D eigenvalue weighted by Crippen LogP contribution is 2.31. The molecule has 0 heterocycles. The number of amides is 1. The number of hydrogen-bond donors (Lipinski definition) is 1. The van der Waals surface area contributed by atoms with E-state index in [2.05, 4.69) is 0 Å². The molecule has 0 aliphatic heterocycles. The maximum atomic E-state index is 12.8. The molecule has 6 heteroatoms. The summed E-state index contributed by atoms with van der Waals surface area (Å²) >= 11 is 0. The molecule has 0 aliphatic rings. The third kappa shape index (κ3) is 3.52. The van der Waals surface area contributed by atoms with Crippen molar-refractivity contribution in [3.05, 3.63) is 35.6 Å². The predicted octanol–water partition coefficient (Wildman–Crippen LogP) is 2.35. The first-order chi connectivity index (χ1) is 7.29. The zero-order chi connectivity index (χ0) is 12.3. The average molecular weight is 235 g/mol. The molecule has 0 aromatic heterocycles. The Kier molecular flexibility index (Phi) is 3.51. The third-order valence-corrected chi connectivity index (χ3v) is 2.03. The Bertz CT molecular complexity index is 389. The van der Waals surface area contributed by atoms with Gasteiger partial charge in [-0.2, -0.15) is 13.2 Å². The SMILES string of the molecule is NC(=O)C(CC(F)(F)F)c1cccc(F)c1. The zero-order valence-corrected chi connectivity index (χ0v) is 8.09. The van der Waals surface area contributed by atoms with E-state index in [4.69, 9.17) is 5.73 Å². The van der Waals surface area contributed by atoms with Crippen molar-refractivity contribution in [2.45, 2.75) is 18.5 Å². The van der Waals surface area contributed by atoms with Crippen LogP contribution in [0.3, 0.4) is 0 Å². The van der Waals surface area contributed by atoms with Crippen LogP contribution < -0.4 is 5.73 Å². The summed E-state index contributed by atoms with van der Waals surface area (Å²) in [6.07, 6.45) is -5.90. The van der Waals surface area contributed by atoms with E-state index in [1.54, 1.807) is 0 Å². The number of carbonyl (C=O) groups excluding carboxylic acids is 1. The smallest absolute Gasteiger partial charge is 0.369 e. The molecule has 88 valence electrons. The van der Waals surface area contributed by atoms with Crippen molar-refractivity contribution in [2.75, 3.05) is 0 Å². The summed E-state index contributed by atoms with van der Waals surface area (Å²) in [4.78, 5) is 10.9. The van der Waals surface area contributed by atoms with Crippen LogP contribution in [0.25, 0.3) is 0 Å². The van der Waals surface area contributed by atoms with Gasteiger partial charge in [0.25, 0.3) is 0 Å². The van der Waals surface area contributed by atoms with Gasteiger partial charge in [-0.1, -0.05) is 12.1 Å². The minimum atomic E-state index is -4.52. The molecular formula is C10H9F4NO. The van der Waals surface area contributed by atoms with E-state index in [1.807, 2.05) is 0 Å². The number of nitrogens with two attached hydrogens (primary N) is 1. The van der Waals surface area contributed by atoms with Crippen LogP contribution in [0.2, 0.25) is 0 Å². The fourth-order valence-electron chi connectivity index (χ4n) is 1.34. The topological polar surface area (TPSA) is 43.1 Å². The lowest BCUT2D eigenvalue weighted by Crippen LogP contribution is -2.26. The van der Waals surface area contributed by atoms with E-state index in [9.17, 15) is 22.4 Å². The average Bonchev–Trinajstić information content (AvgIpc) is 2.12. The molecule has 1 amide bonds. The van der Waals surface area contributed by atoms with Gasteiger partial charge in [-0.3, -0.25) is 4.79 Å². The Morgan fingerprint density at radius 1 is 1.38 bits per heavy atom. The Morgan fingerprint density at radius 2 is 2.00 bits per heavy atom. The number of primary amides is 1. The maximum absolute atomic E-state index is 12.8. The van der Waals surface area contributed by atoms with E-state index in [0.29, 0.717) is 0 Å². The van der Waals surface area contributed by atoms with Crippen LogP contribution in [0, 0.1) is 5.82 Å². The summed E-state index contributed by atoms with van der Waals surface area (Å²) in [6.45, 7) is 0. The van der Waals surface area contributed by atoms with Crippen LogP contribution in [-0.4, -0.2) is 12.1 Å². The normalized spacial score (nSPS) is 13.5. The highest BCUT2D eigenvalue weighted by atomic mass is 19.4. The van der Waals surface area contributed by atoms with Crippen LogP contribution in [0.1, 0.15) is 17.9 Å². The number of carbonyl (C=O) groups is 1. The van der Waals surface area contributed by atoms with Crippen molar-refractivity contribution in [1.82, 2.24) is 0 Å². The molecule has 0 fully saturated rings. The molecule has 1 rings (SSSR count). The second-order valence-electron chi connectivity index (χ2n) is 3.33. The predicted molar refractivity (Wildman–Crippen MR) is 49.0 cm³/mol. The summed E-state index contributed by atoms with van der Waals surface area (Å²) < 4.78 is 49.2. The van der Waals surface area contributed by atoms with Gasteiger partial charge in [-0.15, -0.1) is 0 Å². The lowest BCUT2D eigenvalue weighted by atomic mass is 9.95. The molecule has 16 heavy (non-hydrogen) atoms. The highest BCUT2D eigenvalue weighted by molar-refractivity contribution is 5.81. The summed E-state index contributed by atoms with van der Waals surface area (Å²) in [5.41, 5.74) is 4.80. The highest BCUT2D eigenvalue weighted by Gasteiger charge is 2.35. The number of alkyl halides is 3. The van der Waals surface area contributed by atoms with Crippen molar-refractivity contribution < 1.29 is 22.4 Å². The first-order valence-electron chi connectivity index (χ1n) is 4.41. The number of benzene rings is 1. The molecule has 0 radical (unpaired) electrons. The molecule has 2 nitrogen and oxygen atoms in total. The van der Waals surface area contributed by atoms with Crippen LogP contribution in [0.15, 0.2) is 24.3 Å². The van der Waals surface area contributed by atoms with Crippen molar-refractivity contribution in [2.24, 2.45) is 5.73 Å². The molecule has 0 spiro atoms. The lowest BCUT2D eigenvalue weighted by Gasteiger charge is -2.15. The molecule has 1 unspecified atom stereocenters. The summed E-state index contributed by atoms with van der Waals surface area (Å²) in [6, 6.07) is 4.43. The largest absolute Gasteiger partial charge is 0.390 e. The Balaban J connectivity index is 2.99. The van der Waals surface area contributed by atoms with Gasteiger partial charge >= 0.3 is 6.18 Å². The first-order valence-corrected chi connectivity index (χ1v) is 4.41. The fraction of sp³-hybridized carbons (Fsp3) is 0.300. The van der Waals surface area contributed by atoms with Crippen LogP contribution in [0.4, 0.5) is 17.6 Å². The number of hydrogen-bond acceptors (Lipinski definition) is 1. The van der Waals surface area contributed by atoms with E-state index >= 15 is 0 Å². The van der Waals surface area contributed by atoms with Crippen LogP contribution in [-0.2, 0) is 4.79 Å². The van der Waals surface area contributed by atoms with Gasteiger partial charge in [0.2, 0.25) is 5.91 Å². The second kappa shape index (κ2) is 4.51. The van der Waals surface area contributed by atoms with Crippen molar-refractivity contribution in [3.8, 4) is 0 Å². The van der Waals surface area contributed by atoms with Gasteiger partial charge in [0.1, 0.15) is 5.82 Å². The quantitative estimate of drug-likeness (QED) is 0.803. The standard InChI is InChI=1S/C10H9F4NO/c11-7-3-1-2-6(4-7)8(9(15)16)5-10(12,13)14/h1-4,8H,5H2,(H2,15,16). The van der Waals surface area contributed by atoms with E-state index < -0.39 is 30.2 Å². The molecule has 0 aliphatic carbocycles. The minimum absolute atomic E-state index is 0.0650. The van der Waals surface area contributed by atoms with Crippen LogP contribution >= 0.6 is 0 Å². The lowest BCUT2D eigenvalue weighted by molar-refractivity contribution is -0.146. The fourth-order valence-corrected chi connectivity index (χ4v) is 1.34. The van der Waals surface area contributed by atoms with Crippen molar-refractivity contribution in [1.29, 1.82) is 0 Å². The first kappa shape index (κ1) is 12.5. The van der Waals surface area contributed by atoms with Crippen molar-refractivity contribution >= 4 is 5.91 Å². The van der Waals surface area contributed by atoms with Gasteiger partial charge < -0.3 is 5.73 Å². The van der Waals surface area contributed by atoms with E-state index in [1.165, 1.54) is 12.1 Å². The zero-order valence-electron chi connectivity index (χ0n) is 8.09. The monoisotopic (exact) mass is 235 g/mol. The summed E-state index contributed by atoms with van der Waals surface area (Å²) in [5, 5.41) is 0. The molecule has 1 atom stereocenters. The number of halogens is 4. The number of rotatable bonds is 3. The molecule has 2 N–H and O–H groups in total. The van der Waals surface area contributed by atoms with Gasteiger partial charge in [0.05, 0.1) is 12.3 Å².